The van der Waals surface area contributed by atoms with Crippen molar-refractivity contribution >= 4 is 46.9 Å². The van der Waals surface area contributed by atoms with Gasteiger partial charge in [0.1, 0.15) is 5.82 Å². The number of benzene rings is 3. The highest BCUT2D eigenvalue weighted by Crippen LogP contribution is 2.30. The largest absolute Gasteiger partial charge is 0.481 e. The lowest BCUT2D eigenvalue weighted by atomic mass is 10.0. The summed E-state index contributed by atoms with van der Waals surface area (Å²) in [4.78, 5) is 53.7. The van der Waals surface area contributed by atoms with Crippen LogP contribution in [0, 0.1) is 5.82 Å². The van der Waals surface area contributed by atoms with Gasteiger partial charge in [-0.05, 0) is 60.5 Å². The summed E-state index contributed by atoms with van der Waals surface area (Å²) in [5.74, 6) is -2.66. The van der Waals surface area contributed by atoms with Gasteiger partial charge in [-0.1, -0.05) is 29.8 Å². The maximum absolute atomic E-state index is 13.5. The van der Waals surface area contributed by atoms with Crippen LogP contribution in [0.4, 0.5) is 20.6 Å². The van der Waals surface area contributed by atoms with E-state index in [0.29, 0.717) is 60.1 Å². The molecule has 10 nitrogen and oxygen atoms in total. The predicted molar refractivity (Wildman–Crippen MR) is 156 cm³/mol. The zero-order valence-corrected chi connectivity index (χ0v) is 23.6. The molecule has 12 heteroatoms. The van der Waals surface area contributed by atoms with Crippen LogP contribution in [0.3, 0.4) is 0 Å². The lowest BCUT2D eigenvalue weighted by Crippen LogP contribution is -2.35. The standard InChI is InChI=1S/C30H30ClFN4O6/c1-42-30(41)36-13-3-12-35(14-15-36)26-11-8-21(17-25(26)34-28(39)20-4-2-5-22(31)16-20)29(40)33-24(18-27(37)38)19-6-9-23(32)10-7-19/h2,4-11,16-17,24H,3,12-15,18H2,1H3,(H,33,40)(H,34,39)(H,37,38). The lowest BCUT2D eigenvalue weighted by Gasteiger charge is -2.26. The third kappa shape index (κ3) is 7.76. The van der Waals surface area contributed by atoms with Gasteiger partial charge < -0.3 is 30.3 Å². The van der Waals surface area contributed by atoms with Crippen LogP contribution in [0.5, 0.6) is 0 Å². The number of rotatable bonds is 8. The molecule has 42 heavy (non-hydrogen) atoms. The van der Waals surface area contributed by atoms with Crippen molar-refractivity contribution in [3.05, 3.63) is 94.3 Å². The van der Waals surface area contributed by atoms with Gasteiger partial charge in [-0.3, -0.25) is 14.4 Å². The van der Waals surface area contributed by atoms with Crippen LogP contribution in [0.25, 0.3) is 0 Å². The number of hydrogen-bond acceptors (Lipinski definition) is 6. The second-order valence-electron chi connectivity index (χ2n) is 9.67. The van der Waals surface area contributed by atoms with Crippen molar-refractivity contribution in [2.24, 2.45) is 0 Å². The van der Waals surface area contributed by atoms with Crippen LogP contribution in [-0.2, 0) is 9.53 Å². The van der Waals surface area contributed by atoms with Gasteiger partial charge in [0, 0.05) is 42.3 Å². The quantitative estimate of drug-likeness (QED) is 0.335. The van der Waals surface area contributed by atoms with Crippen molar-refractivity contribution < 1.29 is 33.4 Å². The third-order valence-corrected chi connectivity index (χ3v) is 7.05. The summed E-state index contributed by atoms with van der Waals surface area (Å²) in [5, 5.41) is 15.4. The Hall–Kier alpha value is -4.64. The summed E-state index contributed by atoms with van der Waals surface area (Å²) in [6, 6.07) is 15.5. The Bertz CT molecular complexity index is 1470. The van der Waals surface area contributed by atoms with Gasteiger partial charge in [-0.25, -0.2) is 9.18 Å². The number of hydrogen-bond donors (Lipinski definition) is 3. The molecular weight excluding hydrogens is 567 g/mol. The summed E-state index contributed by atoms with van der Waals surface area (Å²) in [5.41, 5.74) is 1.89. The second kappa shape index (κ2) is 13.8. The molecule has 1 saturated heterocycles. The first-order valence-corrected chi connectivity index (χ1v) is 13.6. The number of nitrogens with zero attached hydrogens (tertiary/aromatic N) is 2. The highest BCUT2D eigenvalue weighted by atomic mass is 35.5. The highest BCUT2D eigenvalue weighted by Gasteiger charge is 2.24. The minimum Gasteiger partial charge on any atom is -0.481 e. The first-order valence-electron chi connectivity index (χ1n) is 13.2. The summed E-state index contributed by atoms with van der Waals surface area (Å²) in [6.07, 6.45) is -0.193. The molecule has 1 fully saturated rings. The van der Waals surface area contributed by atoms with Crippen molar-refractivity contribution in [3.63, 3.8) is 0 Å². The van der Waals surface area contributed by atoms with Gasteiger partial charge in [-0.15, -0.1) is 0 Å². The molecule has 1 unspecified atom stereocenters. The summed E-state index contributed by atoms with van der Waals surface area (Å²) < 4.78 is 18.3. The smallest absolute Gasteiger partial charge is 0.409 e. The number of ether oxygens (including phenoxy) is 1. The Morgan fingerprint density at radius 3 is 2.38 bits per heavy atom. The van der Waals surface area contributed by atoms with E-state index < -0.39 is 42.2 Å². The van der Waals surface area contributed by atoms with Crippen LogP contribution < -0.4 is 15.5 Å². The highest BCUT2D eigenvalue weighted by molar-refractivity contribution is 6.31. The van der Waals surface area contributed by atoms with Crippen molar-refractivity contribution in [1.82, 2.24) is 10.2 Å². The molecule has 0 spiro atoms. The average molecular weight is 597 g/mol. The molecule has 3 aromatic rings. The van der Waals surface area contributed by atoms with Gasteiger partial charge in [0.25, 0.3) is 11.8 Å². The van der Waals surface area contributed by atoms with Crippen LogP contribution in [-0.4, -0.2) is 67.2 Å². The molecule has 1 heterocycles. The fraction of sp³-hybridized carbons (Fsp3) is 0.267. The van der Waals surface area contributed by atoms with E-state index in [2.05, 4.69) is 10.6 Å². The van der Waals surface area contributed by atoms with Gasteiger partial charge >= 0.3 is 12.1 Å². The molecular formula is C30H30ClFN4O6. The molecule has 3 aromatic carbocycles. The number of anilines is 2. The molecule has 3 amide bonds. The van der Waals surface area contributed by atoms with E-state index in [9.17, 15) is 28.7 Å². The van der Waals surface area contributed by atoms with E-state index in [1.165, 1.54) is 43.5 Å². The van der Waals surface area contributed by atoms with E-state index in [4.69, 9.17) is 16.3 Å². The van der Waals surface area contributed by atoms with Gasteiger partial charge in [-0.2, -0.15) is 0 Å². The van der Waals surface area contributed by atoms with Crippen molar-refractivity contribution in [1.29, 1.82) is 0 Å². The summed E-state index contributed by atoms with van der Waals surface area (Å²) >= 11 is 6.08. The SMILES string of the molecule is COC(=O)N1CCCN(c2ccc(C(=O)NC(CC(=O)O)c3ccc(F)cc3)cc2NC(=O)c2cccc(Cl)c2)CC1. The van der Waals surface area contributed by atoms with E-state index in [1.807, 2.05) is 4.90 Å². The molecule has 1 aliphatic heterocycles. The first kappa shape index (κ1) is 30.3. The van der Waals surface area contributed by atoms with E-state index in [0.717, 1.165) is 0 Å². The molecule has 4 rings (SSSR count). The van der Waals surface area contributed by atoms with E-state index in [-0.39, 0.29) is 5.56 Å². The van der Waals surface area contributed by atoms with Gasteiger partial charge in [0.05, 0.1) is 30.9 Å². The Kier molecular flexibility index (Phi) is 9.98. The number of carboxylic acid groups (broad SMARTS) is 1. The average Bonchev–Trinajstić information content (AvgIpc) is 3.23. The van der Waals surface area contributed by atoms with Crippen LogP contribution >= 0.6 is 11.6 Å². The molecule has 0 bridgehead atoms. The van der Waals surface area contributed by atoms with Crippen molar-refractivity contribution in [2.45, 2.75) is 18.9 Å². The molecule has 220 valence electrons. The molecule has 1 atom stereocenters. The maximum Gasteiger partial charge on any atom is 0.409 e. The minimum atomic E-state index is -1.14. The summed E-state index contributed by atoms with van der Waals surface area (Å²) in [7, 11) is 1.33. The molecule has 0 aliphatic carbocycles. The fourth-order valence-electron chi connectivity index (χ4n) is 4.71. The minimum absolute atomic E-state index is 0.170. The zero-order valence-electron chi connectivity index (χ0n) is 22.8. The first-order chi connectivity index (χ1) is 20.1. The Labute approximate surface area is 247 Å². The number of carbonyl (C=O) groups excluding carboxylic acids is 3. The van der Waals surface area contributed by atoms with Gasteiger partial charge in [0.2, 0.25) is 0 Å². The fourth-order valence-corrected chi connectivity index (χ4v) is 4.90. The Morgan fingerprint density at radius 1 is 0.952 bits per heavy atom. The zero-order chi connectivity index (χ0) is 30.2. The monoisotopic (exact) mass is 596 g/mol. The number of carbonyl (C=O) groups is 4. The normalized spacial score (nSPS) is 14.0. The van der Waals surface area contributed by atoms with Crippen molar-refractivity contribution in [2.75, 3.05) is 43.5 Å². The third-order valence-electron chi connectivity index (χ3n) is 6.82. The van der Waals surface area contributed by atoms with Gasteiger partial charge in [0.15, 0.2) is 0 Å². The number of methoxy groups -OCH3 is 1. The molecule has 0 saturated carbocycles. The summed E-state index contributed by atoms with van der Waals surface area (Å²) in [6.45, 7) is 1.92. The Morgan fingerprint density at radius 2 is 1.69 bits per heavy atom. The van der Waals surface area contributed by atoms with Crippen LogP contribution in [0.2, 0.25) is 5.02 Å². The molecule has 0 radical (unpaired) electrons. The topological polar surface area (TPSA) is 128 Å². The number of carboxylic acids is 1. The molecule has 0 aromatic heterocycles. The lowest BCUT2D eigenvalue weighted by molar-refractivity contribution is -0.137. The van der Waals surface area contributed by atoms with Crippen LogP contribution in [0.1, 0.15) is 45.2 Å². The predicted octanol–water partition coefficient (Wildman–Crippen LogP) is 4.96. The second-order valence-corrected chi connectivity index (χ2v) is 10.1. The molecule has 3 N–H and O–H groups in total. The number of aliphatic carboxylic acids is 1. The maximum atomic E-state index is 13.5. The number of nitrogens with one attached hydrogen (secondary N) is 2. The molecule has 1 aliphatic rings. The Balaban J connectivity index is 1.64. The van der Waals surface area contributed by atoms with E-state index >= 15 is 0 Å². The number of amides is 3. The van der Waals surface area contributed by atoms with Crippen LogP contribution in [0.15, 0.2) is 66.7 Å². The number of halogens is 2. The van der Waals surface area contributed by atoms with Crippen molar-refractivity contribution in [3.8, 4) is 0 Å². The van der Waals surface area contributed by atoms with E-state index in [1.54, 1.807) is 35.2 Å².